The molecular weight excluding hydrogens is 446 g/mol. The molecule has 1 heterocycles. The molecule has 1 aromatic heterocycles. The summed E-state index contributed by atoms with van der Waals surface area (Å²) in [4.78, 5) is 0. The van der Waals surface area contributed by atoms with Crippen LogP contribution in [0.4, 0.5) is 0 Å². The molecule has 2 nitrogen and oxygen atoms in total. The van der Waals surface area contributed by atoms with Crippen molar-refractivity contribution in [1.82, 2.24) is 0 Å². The van der Waals surface area contributed by atoms with Crippen LogP contribution in [0.1, 0.15) is 22.5 Å². The zero-order valence-electron chi connectivity index (χ0n) is 15.5. The lowest BCUT2D eigenvalue weighted by molar-refractivity contribution is -0.697. The standard InChI is InChI=1S/C23H19Cl4N2/c24-20-10-6-16(14-22(20)26)4-8-18-2-1-3-19(29(18)13-12-28)9-5-17-7-11-21(25)23(27)15-17/h1-11,14-15H,12-13,28H2/q+1/b8-4+,9-5+. The van der Waals surface area contributed by atoms with E-state index in [4.69, 9.17) is 52.1 Å². The summed E-state index contributed by atoms with van der Waals surface area (Å²) in [6, 6.07) is 17.2. The van der Waals surface area contributed by atoms with E-state index in [1.54, 1.807) is 12.1 Å². The minimum atomic E-state index is 0.524. The summed E-state index contributed by atoms with van der Waals surface area (Å²) in [5, 5.41) is 2.14. The zero-order chi connectivity index (χ0) is 20.8. The van der Waals surface area contributed by atoms with Crippen molar-refractivity contribution in [3.05, 3.63) is 97.2 Å². The van der Waals surface area contributed by atoms with Crippen LogP contribution in [0.3, 0.4) is 0 Å². The van der Waals surface area contributed by atoms with Crippen LogP contribution >= 0.6 is 46.4 Å². The first-order valence-corrected chi connectivity index (χ1v) is 10.5. The zero-order valence-corrected chi connectivity index (χ0v) is 18.5. The number of halogens is 4. The van der Waals surface area contributed by atoms with Crippen molar-refractivity contribution < 1.29 is 4.57 Å². The fourth-order valence-corrected chi connectivity index (χ4v) is 3.46. The van der Waals surface area contributed by atoms with Gasteiger partial charge in [-0.15, -0.1) is 0 Å². The van der Waals surface area contributed by atoms with E-state index in [2.05, 4.69) is 4.57 Å². The van der Waals surface area contributed by atoms with Crippen molar-refractivity contribution >= 4 is 70.7 Å². The van der Waals surface area contributed by atoms with Gasteiger partial charge >= 0.3 is 0 Å². The maximum atomic E-state index is 6.11. The molecule has 0 aliphatic rings. The van der Waals surface area contributed by atoms with Crippen LogP contribution in [-0.4, -0.2) is 6.54 Å². The summed E-state index contributed by atoms with van der Waals surface area (Å²) < 4.78 is 2.15. The van der Waals surface area contributed by atoms with Gasteiger partial charge in [-0.3, -0.25) is 0 Å². The largest absolute Gasteiger partial charge is 0.325 e. The van der Waals surface area contributed by atoms with Crippen LogP contribution in [0.5, 0.6) is 0 Å². The van der Waals surface area contributed by atoms with Crippen molar-refractivity contribution in [2.24, 2.45) is 5.73 Å². The minimum Gasteiger partial charge on any atom is -0.325 e. The molecule has 3 rings (SSSR count). The van der Waals surface area contributed by atoms with Crippen molar-refractivity contribution in [3.8, 4) is 0 Å². The lowest BCUT2D eigenvalue weighted by Crippen LogP contribution is -2.43. The Morgan fingerprint density at radius 1 is 0.655 bits per heavy atom. The Kier molecular flexibility index (Phi) is 7.77. The van der Waals surface area contributed by atoms with E-state index in [1.807, 2.05) is 66.8 Å². The van der Waals surface area contributed by atoms with E-state index in [9.17, 15) is 0 Å². The number of benzene rings is 2. The van der Waals surface area contributed by atoms with Gasteiger partial charge < -0.3 is 5.73 Å². The van der Waals surface area contributed by atoms with Crippen LogP contribution in [0, 0.1) is 0 Å². The number of nitrogens with zero attached hydrogens (tertiary/aromatic N) is 1. The van der Waals surface area contributed by atoms with Gasteiger partial charge in [0.05, 0.1) is 26.6 Å². The summed E-state index contributed by atoms with van der Waals surface area (Å²) in [6.07, 6.45) is 8.06. The van der Waals surface area contributed by atoms with E-state index in [0.717, 1.165) is 22.5 Å². The van der Waals surface area contributed by atoms with Gasteiger partial charge in [-0.05, 0) is 53.6 Å². The predicted octanol–water partition coefficient (Wildman–Crippen LogP) is 6.89. The van der Waals surface area contributed by atoms with Gasteiger partial charge in [0.2, 0.25) is 11.4 Å². The first kappa shape index (κ1) is 21.9. The molecule has 2 aromatic carbocycles. The van der Waals surface area contributed by atoms with Gasteiger partial charge in [-0.1, -0.05) is 58.5 Å². The Morgan fingerprint density at radius 2 is 1.14 bits per heavy atom. The third kappa shape index (κ3) is 5.85. The molecule has 0 spiro atoms. The lowest BCUT2D eigenvalue weighted by Gasteiger charge is -2.04. The summed E-state index contributed by atoms with van der Waals surface area (Å²) in [7, 11) is 0. The van der Waals surface area contributed by atoms with Crippen molar-refractivity contribution in [3.63, 3.8) is 0 Å². The van der Waals surface area contributed by atoms with E-state index < -0.39 is 0 Å². The highest BCUT2D eigenvalue weighted by molar-refractivity contribution is 6.42. The Balaban J connectivity index is 1.92. The second-order valence-electron chi connectivity index (χ2n) is 6.33. The SMILES string of the molecule is NCC[n+]1c(/C=C/c2ccc(Cl)c(Cl)c2)cccc1/C=C/c1ccc(Cl)c(Cl)c1. The van der Waals surface area contributed by atoms with Crippen LogP contribution < -0.4 is 10.3 Å². The Hall–Kier alpha value is -1.81. The molecular formula is C23H19Cl4N2+. The number of rotatable bonds is 6. The highest BCUT2D eigenvalue weighted by Crippen LogP contribution is 2.24. The molecule has 0 aliphatic carbocycles. The Labute approximate surface area is 190 Å². The summed E-state index contributed by atoms with van der Waals surface area (Å²) in [6.45, 7) is 1.21. The molecule has 3 aromatic rings. The Bertz CT molecular complexity index is 995. The van der Waals surface area contributed by atoms with Crippen molar-refractivity contribution in [1.29, 1.82) is 0 Å². The summed E-state index contributed by atoms with van der Waals surface area (Å²) in [5.74, 6) is 0. The molecule has 0 radical (unpaired) electrons. The fraction of sp³-hybridized carbons (Fsp3) is 0.0870. The number of hydrogen-bond acceptors (Lipinski definition) is 1. The average molecular weight is 465 g/mol. The molecule has 0 aliphatic heterocycles. The van der Waals surface area contributed by atoms with Gasteiger partial charge in [-0.25, -0.2) is 0 Å². The van der Waals surface area contributed by atoms with Crippen LogP contribution in [-0.2, 0) is 6.54 Å². The van der Waals surface area contributed by atoms with Crippen molar-refractivity contribution in [2.45, 2.75) is 6.54 Å². The van der Waals surface area contributed by atoms with Gasteiger partial charge in [0.1, 0.15) is 0 Å². The molecule has 0 bridgehead atoms. The quantitative estimate of drug-likeness (QED) is 0.395. The second-order valence-corrected chi connectivity index (χ2v) is 7.96. The first-order chi connectivity index (χ1) is 14.0. The third-order valence-corrected chi connectivity index (χ3v) is 5.77. The number of aromatic nitrogens is 1. The maximum Gasteiger partial charge on any atom is 0.205 e. The van der Waals surface area contributed by atoms with Gasteiger partial charge in [-0.2, -0.15) is 4.57 Å². The molecule has 29 heavy (non-hydrogen) atoms. The second kappa shape index (κ2) is 10.3. The number of hydrogen-bond donors (Lipinski definition) is 1. The Morgan fingerprint density at radius 3 is 1.55 bits per heavy atom. The van der Waals surface area contributed by atoms with Crippen LogP contribution in [0.25, 0.3) is 24.3 Å². The highest BCUT2D eigenvalue weighted by atomic mass is 35.5. The van der Waals surface area contributed by atoms with Crippen LogP contribution in [0.2, 0.25) is 20.1 Å². The fourth-order valence-electron chi connectivity index (χ4n) is 2.85. The van der Waals surface area contributed by atoms with Crippen LogP contribution in [0.15, 0.2) is 54.6 Å². The molecule has 0 saturated heterocycles. The van der Waals surface area contributed by atoms with E-state index in [1.165, 1.54) is 0 Å². The third-order valence-electron chi connectivity index (χ3n) is 4.29. The molecule has 0 amide bonds. The molecule has 2 N–H and O–H groups in total. The predicted molar refractivity (Wildman–Crippen MR) is 126 cm³/mol. The molecule has 0 atom stereocenters. The van der Waals surface area contributed by atoms with E-state index >= 15 is 0 Å². The number of pyridine rings is 1. The summed E-state index contributed by atoms with van der Waals surface area (Å²) in [5.41, 5.74) is 9.84. The molecule has 6 heteroatoms. The smallest absolute Gasteiger partial charge is 0.205 e. The number of nitrogens with two attached hydrogens (primary N) is 1. The van der Waals surface area contributed by atoms with E-state index in [0.29, 0.717) is 33.2 Å². The average Bonchev–Trinajstić information content (AvgIpc) is 2.71. The van der Waals surface area contributed by atoms with Gasteiger partial charge in [0, 0.05) is 24.3 Å². The van der Waals surface area contributed by atoms with Crippen molar-refractivity contribution in [2.75, 3.05) is 6.54 Å². The van der Waals surface area contributed by atoms with Gasteiger partial charge in [0.25, 0.3) is 0 Å². The topological polar surface area (TPSA) is 29.9 Å². The molecule has 148 valence electrons. The lowest BCUT2D eigenvalue weighted by atomic mass is 10.1. The normalized spacial score (nSPS) is 11.6. The monoisotopic (exact) mass is 463 g/mol. The molecule has 0 unspecified atom stereocenters. The minimum absolute atomic E-state index is 0.524. The summed E-state index contributed by atoms with van der Waals surface area (Å²) >= 11 is 24.2. The van der Waals surface area contributed by atoms with E-state index in [-0.39, 0.29) is 0 Å². The molecule has 0 fully saturated rings. The molecule has 0 saturated carbocycles. The van der Waals surface area contributed by atoms with Gasteiger partial charge in [0.15, 0.2) is 6.54 Å². The highest BCUT2D eigenvalue weighted by Gasteiger charge is 2.12. The first-order valence-electron chi connectivity index (χ1n) is 8.97. The maximum absolute atomic E-state index is 6.11.